The van der Waals surface area contributed by atoms with Gasteiger partial charge in [-0.25, -0.2) is 4.98 Å². The molecule has 0 bridgehead atoms. The van der Waals surface area contributed by atoms with Crippen LogP contribution in [0.1, 0.15) is 46.8 Å². The second-order valence-electron chi connectivity index (χ2n) is 6.85. The third kappa shape index (κ3) is 3.71. The molecule has 1 aromatic heterocycles. The summed E-state index contributed by atoms with van der Waals surface area (Å²) in [5, 5.41) is 3.64. The van der Waals surface area contributed by atoms with Crippen LogP contribution in [0, 0.1) is 0 Å². The van der Waals surface area contributed by atoms with Crippen LogP contribution in [0.3, 0.4) is 0 Å². The number of nitrogens with zero attached hydrogens (tertiary/aromatic N) is 1. The molecule has 1 fully saturated rings. The van der Waals surface area contributed by atoms with Crippen LogP contribution in [-0.4, -0.2) is 30.1 Å². The minimum atomic E-state index is -0.497. The maximum Gasteiger partial charge on any atom is 0.250 e. The molecular formula is C20H23N3O3. The van der Waals surface area contributed by atoms with Crippen LogP contribution >= 0.6 is 0 Å². The molecule has 136 valence electrons. The van der Waals surface area contributed by atoms with Gasteiger partial charge in [0.2, 0.25) is 11.8 Å². The second kappa shape index (κ2) is 7.43. The Morgan fingerprint density at radius 2 is 2.23 bits per heavy atom. The average molecular weight is 353 g/mol. The van der Waals surface area contributed by atoms with Gasteiger partial charge in [-0.2, -0.15) is 0 Å². The Morgan fingerprint density at radius 1 is 1.31 bits per heavy atom. The first-order valence-electron chi connectivity index (χ1n) is 9.10. The number of fused-ring (bicyclic) bond motifs is 1. The van der Waals surface area contributed by atoms with Crippen LogP contribution < -0.4 is 15.8 Å². The van der Waals surface area contributed by atoms with Gasteiger partial charge in [0.25, 0.3) is 0 Å². The SMILES string of the molecule is NC(=O)c1ccc(Oc2ccc3c(c2)CCC3NCC2CCCO2)nc1. The largest absolute Gasteiger partial charge is 0.439 e. The molecule has 26 heavy (non-hydrogen) atoms. The number of rotatable bonds is 6. The molecule has 6 nitrogen and oxygen atoms in total. The first-order valence-corrected chi connectivity index (χ1v) is 9.10. The number of amides is 1. The number of carbonyl (C=O) groups excluding carboxylic acids is 1. The number of aromatic nitrogens is 1. The molecule has 6 heteroatoms. The van der Waals surface area contributed by atoms with Crippen molar-refractivity contribution in [3.8, 4) is 11.6 Å². The van der Waals surface area contributed by atoms with Gasteiger partial charge < -0.3 is 20.5 Å². The van der Waals surface area contributed by atoms with E-state index in [0.29, 0.717) is 23.6 Å². The van der Waals surface area contributed by atoms with E-state index < -0.39 is 5.91 Å². The molecule has 1 aliphatic heterocycles. The molecule has 2 aliphatic rings. The Hall–Kier alpha value is -2.44. The smallest absolute Gasteiger partial charge is 0.250 e. The van der Waals surface area contributed by atoms with Gasteiger partial charge in [0.05, 0.1) is 11.7 Å². The van der Waals surface area contributed by atoms with Crippen molar-refractivity contribution < 1.29 is 14.3 Å². The van der Waals surface area contributed by atoms with Gasteiger partial charge in [0, 0.05) is 31.5 Å². The highest BCUT2D eigenvalue weighted by atomic mass is 16.5. The van der Waals surface area contributed by atoms with Gasteiger partial charge in [0.1, 0.15) is 5.75 Å². The molecule has 4 rings (SSSR count). The molecule has 1 saturated heterocycles. The van der Waals surface area contributed by atoms with Crippen LogP contribution in [0.25, 0.3) is 0 Å². The van der Waals surface area contributed by atoms with Crippen molar-refractivity contribution in [2.45, 2.75) is 37.8 Å². The first kappa shape index (κ1) is 17.0. The summed E-state index contributed by atoms with van der Waals surface area (Å²) in [7, 11) is 0. The Labute approximate surface area is 152 Å². The molecule has 2 atom stereocenters. The Bertz CT molecular complexity index is 785. The van der Waals surface area contributed by atoms with Crippen LogP contribution in [0.15, 0.2) is 36.5 Å². The van der Waals surface area contributed by atoms with Crippen LogP contribution in [0.5, 0.6) is 11.6 Å². The maximum atomic E-state index is 11.1. The minimum Gasteiger partial charge on any atom is -0.439 e. The van der Waals surface area contributed by atoms with Gasteiger partial charge in [-0.15, -0.1) is 0 Å². The van der Waals surface area contributed by atoms with Crippen molar-refractivity contribution in [2.24, 2.45) is 5.73 Å². The van der Waals surface area contributed by atoms with Gasteiger partial charge in [0.15, 0.2) is 0 Å². The molecule has 2 heterocycles. The van der Waals surface area contributed by atoms with Crippen LogP contribution in [0.4, 0.5) is 0 Å². The fourth-order valence-electron chi connectivity index (χ4n) is 3.66. The van der Waals surface area contributed by atoms with E-state index in [1.54, 1.807) is 12.1 Å². The third-order valence-electron chi connectivity index (χ3n) is 5.05. The zero-order chi connectivity index (χ0) is 17.9. The lowest BCUT2D eigenvalue weighted by Crippen LogP contribution is -2.29. The van der Waals surface area contributed by atoms with E-state index in [2.05, 4.69) is 22.4 Å². The highest BCUT2D eigenvalue weighted by molar-refractivity contribution is 5.92. The fourth-order valence-corrected chi connectivity index (χ4v) is 3.66. The van der Waals surface area contributed by atoms with Crippen molar-refractivity contribution in [1.29, 1.82) is 0 Å². The van der Waals surface area contributed by atoms with Gasteiger partial charge in [-0.1, -0.05) is 6.07 Å². The molecule has 1 amide bonds. The summed E-state index contributed by atoms with van der Waals surface area (Å²) in [6, 6.07) is 9.82. The Kier molecular flexibility index (Phi) is 4.86. The molecule has 3 N–H and O–H groups in total. The van der Waals surface area contributed by atoms with Crippen LogP contribution in [-0.2, 0) is 11.2 Å². The van der Waals surface area contributed by atoms with Crippen molar-refractivity contribution in [2.75, 3.05) is 13.2 Å². The zero-order valence-corrected chi connectivity index (χ0v) is 14.6. The highest BCUT2D eigenvalue weighted by Crippen LogP contribution is 2.34. The molecule has 2 unspecified atom stereocenters. The summed E-state index contributed by atoms with van der Waals surface area (Å²) in [5.74, 6) is 0.701. The molecule has 1 aromatic carbocycles. The van der Waals surface area contributed by atoms with E-state index in [-0.39, 0.29) is 0 Å². The van der Waals surface area contributed by atoms with Crippen molar-refractivity contribution in [1.82, 2.24) is 10.3 Å². The van der Waals surface area contributed by atoms with Crippen molar-refractivity contribution in [3.63, 3.8) is 0 Å². The number of pyridine rings is 1. The quantitative estimate of drug-likeness (QED) is 0.834. The third-order valence-corrected chi connectivity index (χ3v) is 5.05. The van der Waals surface area contributed by atoms with Gasteiger partial charge in [-0.05, 0) is 55.0 Å². The number of hydrogen-bond donors (Lipinski definition) is 2. The number of nitrogens with one attached hydrogen (secondary N) is 1. The number of hydrogen-bond acceptors (Lipinski definition) is 5. The summed E-state index contributed by atoms with van der Waals surface area (Å²) in [4.78, 5) is 15.2. The Balaban J connectivity index is 1.40. The minimum absolute atomic E-state index is 0.358. The van der Waals surface area contributed by atoms with Crippen LogP contribution in [0.2, 0.25) is 0 Å². The summed E-state index contributed by atoms with van der Waals surface area (Å²) < 4.78 is 11.5. The van der Waals surface area contributed by atoms with E-state index in [9.17, 15) is 4.79 Å². The second-order valence-corrected chi connectivity index (χ2v) is 6.85. The number of aryl methyl sites for hydroxylation is 1. The van der Waals surface area contributed by atoms with Gasteiger partial charge >= 0.3 is 0 Å². The molecule has 0 spiro atoms. The van der Waals surface area contributed by atoms with E-state index in [4.69, 9.17) is 15.2 Å². The number of primary amides is 1. The maximum absolute atomic E-state index is 11.1. The predicted octanol–water partition coefficient (Wildman–Crippen LogP) is 2.73. The lowest BCUT2D eigenvalue weighted by atomic mass is 10.1. The molecule has 0 radical (unpaired) electrons. The highest BCUT2D eigenvalue weighted by Gasteiger charge is 2.24. The predicted molar refractivity (Wildman–Crippen MR) is 97.3 cm³/mol. The van der Waals surface area contributed by atoms with E-state index >= 15 is 0 Å². The molecule has 1 aliphatic carbocycles. The number of ether oxygens (including phenoxy) is 2. The summed E-state index contributed by atoms with van der Waals surface area (Å²) in [6.07, 6.45) is 6.23. The monoisotopic (exact) mass is 353 g/mol. The summed E-state index contributed by atoms with van der Waals surface area (Å²) in [5.41, 5.74) is 8.24. The number of benzene rings is 1. The summed E-state index contributed by atoms with van der Waals surface area (Å²) in [6.45, 7) is 1.81. The molecule has 2 aromatic rings. The Morgan fingerprint density at radius 3 is 2.96 bits per heavy atom. The number of nitrogens with two attached hydrogens (primary N) is 1. The topological polar surface area (TPSA) is 86.5 Å². The standard InChI is InChI=1S/C20H23N3O3/c21-20(24)14-4-8-19(23-11-14)26-15-5-6-17-13(10-15)3-7-18(17)22-12-16-2-1-9-25-16/h4-6,8,10-11,16,18,22H,1-3,7,9,12H2,(H2,21,24). The van der Waals surface area contributed by atoms with Gasteiger partial charge in [-0.3, -0.25) is 4.79 Å². The van der Waals surface area contributed by atoms with E-state index in [1.165, 1.54) is 23.7 Å². The van der Waals surface area contributed by atoms with Crippen molar-refractivity contribution >= 4 is 5.91 Å². The fraction of sp³-hybridized carbons (Fsp3) is 0.400. The zero-order valence-electron chi connectivity index (χ0n) is 14.6. The number of carbonyl (C=O) groups is 1. The van der Waals surface area contributed by atoms with E-state index in [0.717, 1.165) is 38.2 Å². The molecular weight excluding hydrogens is 330 g/mol. The normalized spacial score (nSPS) is 21.5. The lowest BCUT2D eigenvalue weighted by molar-refractivity contribution is 0.1000. The average Bonchev–Trinajstić information content (AvgIpc) is 3.30. The van der Waals surface area contributed by atoms with Crippen molar-refractivity contribution in [3.05, 3.63) is 53.2 Å². The summed E-state index contributed by atoms with van der Waals surface area (Å²) >= 11 is 0. The van der Waals surface area contributed by atoms with E-state index in [1.807, 2.05) is 6.07 Å². The first-order chi connectivity index (χ1) is 12.7. The lowest BCUT2D eigenvalue weighted by Gasteiger charge is -2.17. The molecule has 0 saturated carbocycles.